The van der Waals surface area contributed by atoms with Crippen LogP contribution in [0.25, 0.3) is 0 Å². The molecule has 0 radical (unpaired) electrons. The van der Waals surface area contributed by atoms with Crippen molar-refractivity contribution in [2.75, 3.05) is 25.4 Å². The van der Waals surface area contributed by atoms with Crippen molar-refractivity contribution in [3.63, 3.8) is 0 Å². The van der Waals surface area contributed by atoms with Crippen LogP contribution in [0, 0.1) is 0 Å². The summed E-state index contributed by atoms with van der Waals surface area (Å²) in [6, 6.07) is 2.12. The molecule has 2 heterocycles. The lowest BCUT2D eigenvalue weighted by Crippen LogP contribution is -2.33. The van der Waals surface area contributed by atoms with Crippen LogP contribution in [0.3, 0.4) is 0 Å². The van der Waals surface area contributed by atoms with Crippen molar-refractivity contribution in [2.24, 2.45) is 0 Å². The zero-order valence-electron chi connectivity index (χ0n) is 12.2. The van der Waals surface area contributed by atoms with Crippen LogP contribution >= 0.6 is 0 Å². The maximum absolute atomic E-state index is 12.2. The third-order valence-corrected chi connectivity index (χ3v) is 4.13. The number of rotatable bonds is 5. The van der Waals surface area contributed by atoms with E-state index >= 15 is 0 Å². The van der Waals surface area contributed by atoms with Crippen LogP contribution in [0.4, 0.5) is 5.69 Å². The Labute approximate surface area is 124 Å². The predicted molar refractivity (Wildman–Crippen MR) is 79.9 cm³/mol. The summed E-state index contributed by atoms with van der Waals surface area (Å²) < 4.78 is 1.95. The lowest BCUT2D eigenvalue weighted by Gasteiger charge is -2.15. The van der Waals surface area contributed by atoms with Crippen LogP contribution in [0.1, 0.15) is 48.6 Å². The molecule has 0 spiro atoms. The Morgan fingerprint density at radius 1 is 1.29 bits per heavy atom. The second kappa shape index (κ2) is 5.79. The Bertz CT molecular complexity index is 542. The quantitative estimate of drug-likeness (QED) is 0.853. The van der Waals surface area contributed by atoms with Gasteiger partial charge in [-0.1, -0.05) is 0 Å². The monoisotopic (exact) mass is 290 g/mol. The molecule has 1 aromatic rings. The number of nitrogen functional groups attached to an aromatic ring is 1. The number of likely N-dealkylation sites (tertiary alicyclic amines) is 1. The molecule has 0 atom stereocenters. The van der Waals surface area contributed by atoms with Gasteiger partial charge in [0.15, 0.2) is 0 Å². The second-order valence-corrected chi connectivity index (χ2v) is 5.89. The molecule has 6 nitrogen and oxygen atoms in total. The first-order valence-corrected chi connectivity index (χ1v) is 7.68. The first kappa shape index (κ1) is 14.0. The van der Waals surface area contributed by atoms with Gasteiger partial charge in [-0.3, -0.25) is 9.59 Å². The number of aromatic nitrogens is 1. The predicted octanol–water partition coefficient (Wildman–Crippen LogP) is 1.15. The van der Waals surface area contributed by atoms with E-state index in [4.69, 9.17) is 5.73 Å². The highest BCUT2D eigenvalue weighted by Crippen LogP contribution is 2.37. The third-order valence-electron chi connectivity index (χ3n) is 4.13. The molecular weight excluding hydrogens is 268 g/mol. The van der Waals surface area contributed by atoms with Gasteiger partial charge in [-0.15, -0.1) is 0 Å². The van der Waals surface area contributed by atoms with Crippen LogP contribution in [-0.2, 0) is 4.79 Å². The van der Waals surface area contributed by atoms with Gasteiger partial charge < -0.3 is 20.5 Å². The summed E-state index contributed by atoms with van der Waals surface area (Å²) in [4.78, 5) is 26.0. The molecule has 3 rings (SSSR count). The largest absolute Gasteiger partial charge is 0.397 e. The maximum Gasteiger partial charge on any atom is 0.268 e. The van der Waals surface area contributed by atoms with E-state index in [2.05, 4.69) is 5.32 Å². The smallest absolute Gasteiger partial charge is 0.268 e. The van der Waals surface area contributed by atoms with Gasteiger partial charge in [0.05, 0.1) is 5.69 Å². The molecule has 21 heavy (non-hydrogen) atoms. The summed E-state index contributed by atoms with van der Waals surface area (Å²) in [5, 5.41) is 2.83. The summed E-state index contributed by atoms with van der Waals surface area (Å²) in [5.74, 6) is -0.0160. The lowest BCUT2D eigenvalue weighted by atomic mass is 10.3. The number of anilines is 1. The summed E-state index contributed by atoms with van der Waals surface area (Å²) in [6.45, 7) is 2.09. The average molecular weight is 290 g/mol. The topological polar surface area (TPSA) is 80.4 Å². The Hall–Kier alpha value is -1.98. The van der Waals surface area contributed by atoms with Crippen LogP contribution < -0.4 is 11.1 Å². The SMILES string of the molecule is Nc1cc(C(=O)NCCC(=O)N2CCCC2)n(C2CC2)c1. The van der Waals surface area contributed by atoms with Crippen molar-refractivity contribution in [3.8, 4) is 0 Å². The zero-order valence-corrected chi connectivity index (χ0v) is 12.2. The number of nitrogens with one attached hydrogen (secondary N) is 1. The fourth-order valence-electron chi connectivity index (χ4n) is 2.84. The summed E-state index contributed by atoms with van der Waals surface area (Å²) in [6.07, 6.45) is 6.57. The fraction of sp³-hybridized carbons (Fsp3) is 0.600. The van der Waals surface area contributed by atoms with E-state index in [1.165, 1.54) is 0 Å². The van der Waals surface area contributed by atoms with Gasteiger partial charge in [0.1, 0.15) is 5.69 Å². The molecule has 6 heteroatoms. The first-order chi connectivity index (χ1) is 10.1. The molecular formula is C15H22N4O2. The molecule has 1 aromatic heterocycles. The molecule has 2 amide bonds. The molecule has 2 fully saturated rings. The molecule has 1 saturated heterocycles. The second-order valence-electron chi connectivity index (χ2n) is 5.89. The minimum Gasteiger partial charge on any atom is -0.397 e. The molecule has 3 N–H and O–H groups in total. The number of carbonyl (C=O) groups excluding carboxylic acids is 2. The highest BCUT2D eigenvalue weighted by Gasteiger charge is 2.27. The zero-order chi connectivity index (χ0) is 14.8. The third kappa shape index (κ3) is 3.20. The first-order valence-electron chi connectivity index (χ1n) is 7.68. The van der Waals surface area contributed by atoms with E-state index in [0.717, 1.165) is 38.8 Å². The van der Waals surface area contributed by atoms with E-state index in [1.807, 2.05) is 15.7 Å². The fourth-order valence-corrected chi connectivity index (χ4v) is 2.84. The van der Waals surface area contributed by atoms with Crippen molar-refractivity contribution in [1.82, 2.24) is 14.8 Å². The average Bonchev–Trinajstić information content (AvgIpc) is 3.00. The van der Waals surface area contributed by atoms with Crippen LogP contribution in [0.5, 0.6) is 0 Å². The molecule has 1 aliphatic heterocycles. The minimum atomic E-state index is -0.146. The van der Waals surface area contributed by atoms with Gasteiger partial charge in [-0.2, -0.15) is 0 Å². The normalized spacial score (nSPS) is 18.0. The Kier molecular flexibility index (Phi) is 3.86. The van der Waals surface area contributed by atoms with Crippen molar-refractivity contribution in [3.05, 3.63) is 18.0 Å². The highest BCUT2D eigenvalue weighted by atomic mass is 16.2. The molecule has 0 aromatic carbocycles. The van der Waals surface area contributed by atoms with Gasteiger partial charge in [0.2, 0.25) is 5.91 Å². The number of hydrogen-bond acceptors (Lipinski definition) is 3. The van der Waals surface area contributed by atoms with E-state index < -0.39 is 0 Å². The van der Waals surface area contributed by atoms with E-state index in [-0.39, 0.29) is 11.8 Å². The van der Waals surface area contributed by atoms with E-state index in [0.29, 0.717) is 30.4 Å². The van der Waals surface area contributed by atoms with Crippen molar-refractivity contribution in [2.45, 2.75) is 38.1 Å². The van der Waals surface area contributed by atoms with E-state index in [9.17, 15) is 9.59 Å². The Morgan fingerprint density at radius 3 is 2.67 bits per heavy atom. The van der Waals surface area contributed by atoms with Crippen LogP contribution in [0.15, 0.2) is 12.3 Å². The van der Waals surface area contributed by atoms with Gasteiger partial charge in [0, 0.05) is 38.3 Å². The van der Waals surface area contributed by atoms with Gasteiger partial charge in [-0.25, -0.2) is 0 Å². The van der Waals surface area contributed by atoms with Crippen LogP contribution in [0.2, 0.25) is 0 Å². The number of carbonyl (C=O) groups is 2. The molecule has 114 valence electrons. The van der Waals surface area contributed by atoms with Crippen molar-refractivity contribution >= 4 is 17.5 Å². The minimum absolute atomic E-state index is 0.130. The summed E-state index contributed by atoms with van der Waals surface area (Å²) in [7, 11) is 0. The number of amides is 2. The molecule has 0 unspecified atom stereocenters. The number of nitrogens with two attached hydrogens (primary N) is 1. The standard InChI is InChI=1S/C15H22N4O2/c16-11-9-13(19(10-11)12-3-4-12)15(21)17-6-5-14(20)18-7-1-2-8-18/h9-10,12H,1-8,16H2,(H,17,21). The number of hydrogen-bond donors (Lipinski definition) is 2. The van der Waals surface area contributed by atoms with Gasteiger partial charge in [0.25, 0.3) is 5.91 Å². The number of nitrogens with zero attached hydrogens (tertiary/aromatic N) is 2. The van der Waals surface area contributed by atoms with Crippen molar-refractivity contribution in [1.29, 1.82) is 0 Å². The summed E-state index contributed by atoms with van der Waals surface area (Å²) in [5.41, 5.74) is 6.99. The Morgan fingerprint density at radius 2 is 2.00 bits per heavy atom. The van der Waals surface area contributed by atoms with Gasteiger partial charge >= 0.3 is 0 Å². The van der Waals surface area contributed by atoms with Crippen LogP contribution in [-0.4, -0.2) is 40.9 Å². The molecule has 1 aliphatic carbocycles. The summed E-state index contributed by atoms with van der Waals surface area (Å²) >= 11 is 0. The maximum atomic E-state index is 12.2. The molecule has 2 aliphatic rings. The lowest BCUT2D eigenvalue weighted by molar-refractivity contribution is -0.129. The molecule has 0 bridgehead atoms. The highest BCUT2D eigenvalue weighted by molar-refractivity contribution is 5.94. The molecule has 1 saturated carbocycles. The van der Waals surface area contributed by atoms with Crippen molar-refractivity contribution < 1.29 is 9.59 Å². The van der Waals surface area contributed by atoms with Gasteiger partial charge in [-0.05, 0) is 31.7 Å². The Balaban J connectivity index is 1.51. The van der Waals surface area contributed by atoms with E-state index in [1.54, 1.807) is 6.07 Å².